The first kappa shape index (κ1) is 13.8. The smallest absolute Gasteiger partial charge is 0.212 e. The van der Waals surface area contributed by atoms with E-state index in [-0.39, 0.29) is 0 Å². The molecule has 0 saturated carbocycles. The van der Waals surface area contributed by atoms with Crippen molar-refractivity contribution < 1.29 is 16.8 Å². The summed E-state index contributed by atoms with van der Waals surface area (Å²) in [5.41, 5.74) is 0.293. The summed E-state index contributed by atoms with van der Waals surface area (Å²) in [6.45, 7) is 0. The first-order valence-electron chi connectivity index (χ1n) is 4.11. The number of halogens is 2. The molecule has 0 heterocycles. The Morgan fingerprint density at radius 3 is 1.88 bits per heavy atom. The highest BCUT2D eigenvalue weighted by molar-refractivity contribution is 8.17. The summed E-state index contributed by atoms with van der Waals surface area (Å²) in [5.74, 6) is -0.746. The van der Waals surface area contributed by atoms with Gasteiger partial charge >= 0.3 is 0 Å². The summed E-state index contributed by atoms with van der Waals surface area (Å²) in [4.78, 5) is 0. The third-order valence-corrected chi connectivity index (χ3v) is 4.95. The lowest BCUT2D eigenvalue weighted by Gasteiger charge is -2.11. The Hall–Kier alpha value is -0.300. The summed E-state index contributed by atoms with van der Waals surface area (Å²) < 4.78 is 44.3. The summed E-state index contributed by atoms with van der Waals surface area (Å²) in [6, 6.07) is 7.81. The molecule has 1 aromatic carbocycles. The zero-order valence-corrected chi connectivity index (χ0v) is 11.0. The van der Waals surface area contributed by atoms with Gasteiger partial charge in [-0.25, -0.2) is 16.8 Å². The average Bonchev–Trinajstić information content (AvgIpc) is 2.13. The van der Waals surface area contributed by atoms with E-state index < -0.39 is 29.1 Å². The van der Waals surface area contributed by atoms with E-state index >= 15 is 0 Å². The highest BCUT2D eigenvalue weighted by Gasteiger charge is 2.29. The van der Waals surface area contributed by atoms with Gasteiger partial charge in [-0.05, 0) is 5.56 Å². The second-order valence-corrected chi connectivity index (χ2v) is 8.71. The Kier molecular flexibility index (Phi) is 4.23. The molecular weight excluding hydrogens is 295 g/mol. The second kappa shape index (κ2) is 4.91. The molecule has 0 radical (unpaired) electrons. The third kappa shape index (κ3) is 4.29. The van der Waals surface area contributed by atoms with Crippen molar-refractivity contribution in [2.24, 2.45) is 0 Å². The highest BCUT2D eigenvalue weighted by atomic mass is 35.7. The van der Waals surface area contributed by atoms with Crippen molar-refractivity contribution in [1.29, 1.82) is 0 Å². The van der Waals surface area contributed by atoms with Crippen LogP contribution in [0.2, 0.25) is 0 Å². The number of benzene rings is 1. The maximum atomic E-state index is 11.3. The van der Waals surface area contributed by atoms with Crippen molar-refractivity contribution in [2.45, 2.75) is 5.25 Å². The molecule has 4 nitrogen and oxygen atoms in total. The first-order chi connectivity index (χ1) is 7.20. The van der Waals surface area contributed by atoms with Gasteiger partial charge in [0.25, 0.3) is 0 Å². The Balaban J connectivity index is 3.19. The summed E-state index contributed by atoms with van der Waals surface area (Å²) in [5, 5.41) is -1.35. The second-order valence-electron chi connectivity index (χ2n) is 3.08. The monoisotopic (exact) mass is 302 g/mol. The van der Waals surface area contributed by atoms with Gasteiger partial charge in [0, 0.05) is 21.4 Å². The molecule has 1 unspecified atom stereocenters. The molecule has 0 aliphatic rings. The van der Waals surface area contributed by atoms with Gasteiger partial charge < -0.3 is 0 Å². The third-order valence-electron chi connectivity index (χ3n) is 1.86. The first-order valence-corrected chi connectivity index (χ1v) is 8.96. The number of hydrogen-bond acceptors (Lipinski definition) is 4. The maximum absolute atomic E-state index is 11.3. The Morgan fingerprint density at radius 1 is 1.00 bits per heavy atom. The van der Waals surface area contributed by atoms with E-state index in [1.54, 1.807) is 18.2 Å². The van der Waals surface area contributed by atoms with E-state index in [4.69, 9.17) is 21.4 Å². The van der Waals surface area contributed by atoms with Crippen molar-refractivity contribution >= 4 is 39.5 Å². The molecule has 0 aliphatic carbocycles. The molecule has 0 N–H and O–H groups in total. The van der Waals surface area contributed by atoms with Gasteiger partial charge in [-0.3, -0.25) is 0 Å². The molecule has 0 aliphatic heterocycles. The van der Waals surface area contributed by atoms with Crippen molar-refractivity contribution in [3.05, 3.63) is 35.9 Å². The van der Waals surface area contributed by atoms with Gasteiger partial charge in [0.15, 0.2) is 0 Å². The van der Waals surface area contributed by atoms with E-state index in [0.717, 1.165) is 0 Å². The quantitative estimate of drug-likeness (QED) is 0.796. The Morgan fingerprint density at radius 2 is 1.50 bits per heavy atom. The summed E-state index contributed by atoms with van der Waals surface area (Å²) in [6.07, 6.45) is 0. The minimum Gasteiger partial charge on any atom is -0.212 e. The molecule has 1 aromatic rings. The zero-order valence-electron chi connectivity index (χ0n) is 7.88. The Labute approximate surface area is 103 Å². The van der Waals surface area contributed by atoms with Crippen molar-refractivity contribution in [1.82, 2.24) is 0 Å². The van der Waals surface area contributed by atoms with Crippen molar-refractivity contribution in [2.75, 3.05) is 5.75 Å². The highest BCUT2D eigenvalue weighted by Crippen LogP contribution is 2.28. The molecule has 1 atom stereocenters. The predicted molar refractivity (Wildman–Crippen MR) is 63.6 cm³/mol. The van der Waals surface area contributed by atoms with Gasteiger partial charge in [0.2, 0.25) is 18.1 Å². The molecule has 0 bridgehead atoms. The topological polar surface area (TPSA) is 68.3 Å². The fraction of sp³-hybridized carbons (Fsp3) is 0.250. The Bertz CT molecular complexity index is 551. The van der Waals surface area contributed by atoms with Gasteiger partial charge in [-0.15, -0.1) is 0 Å². The van der Waals surface area contributed by atoms with E-state index in [1.807, 2.05) is 0 Å². The lowest BCUT2D eigenvalue weighted by molar-refractivity contribution is 0.591. The van der Waals surface area contributed by atoms with Crippen LogP contribution in [-0.2, 0) is 18.1 Å². The van der Waals surface area contributed by atoms with E-state index in [9.17, 15) is 16.8 Å². The van der Waals surface area contributed by atoms with Crippen LogP contribution in [0.5, 0.6) is 0 Å². The van der Waals surface area contributed by atoms with Crippen LogP contribution >= 0.6 is 21.4 Å². The fourth-order valence-electron chi connectivity index (χ4n) is 1.19. The van der Waals surface area contributed by atoms with Crippen LogP contribution in [0.4, 0.5) is 0 Å². The van der Waals surface area contributed by atoms with Gasteiger partial charge in [0.05, 0.1) is 5.75 Å². The number of hydrogen-bond donors (Lipinski definition) is 0. The van der Waals surface area contributed by atoms with Crippen LogP contribution in [0.3, 0.4) is 0 Å². The number of rotatable bonds is 4. The van der Waals surface area contributed by atoms with E-state index in [2.05, 4.69) is 0 Å². The fourth-order valence-corrected chi connectivity index (χ4v) is 4.79. The van der Waals surface area contributed by atoms with Crippen LogP contribution in [-0.4, -0.2) is 22.6 Å². The lowest BCUT2D eigenvalue weighted by Crippen LogP contribution is -2.16. The van der Waals surface area contributed by atoms with Crippen molar-refractivity contribution in [3.8, 4) is 0 Å². The predicted octanol–water partition coefficient (Wildman–Crippen LogP) is 1.86. The summed E-state index contributed by atoms with van der Waals surface area (Å²) >= 11 is 0. The molecular formula is C8H8Cl2O4S2. The average molecular weight is 303 g/mol. The van der Waals surface area contributed by atoms with Crippen LogP contribution in [0.1, 0.15) is 10.8 Å². The van der Waals surface area contributed by atoms with Crippen LogP contribution in [0.15, 0.2) is 30.3 Å². The van der Waals surface area contributed by atoms with Gasteiger partial charge in [-0.1, -0.05) is 30.3 Å². The molecule has 0 fully saturated rings. The van der Waals surface area contributed by atoms with E-state index in [1.165, 1.54) is 12.1 Å². The van der Waals surface area contributed by atoms with Gasteiger partial charge in [-0.2, -0.15) is 0 Å². The lowest BCUT2D eigenvalue weighted by atomic mass is 10.2. The molecule has 16 heavy (non-hydrogen) atoms. The van der Waals surface area contributed by atoms with E-state index in [0.29, 0.717) is 5.56 Å². The molecule has 0 spiro atoms. The molecule has 1 rings (SSSR count). The molecule has 8 heteroatoms. The zero-order chi connectivity index (χ0) is 12.4. The van der Waals surface area contributed by atoms with Crippen LogP contribution in [0.25, 0.3) is 0 Å². The minimum absolute atomic E-state index is 0.293. The maximum Gasteiger partial charge on any atom is 0.240 e. The molecule has 0 saturated heterocycles. The summed E-state index contributed by atoms with van der Waals surface area (Å²) in [7, 11) is 2.23. The SMILES string of the molecule is O=S(=O)(Cl)CC(c1ccccc1)S(=O)(=O)Cl. The van der Waals surface area contributed by atoms with Crippen LogP contribution in [0, 0.1) is 0 Å². The van der Waals surface area contributed by atoms with Gasteiger partial charge in [0.1, 0.15) is 5.25 Å². The normalized spacial score (nSPS) is 14.6. The molecule has 0 amide bonds. The standard InChI is InChI=1S/C8H8Cl2O4S2/c9-15(11,12)6-8(16(10,13)14)7-4-2-1-3-5-7/h1-5,8H,6H2. The molecule has 90 valence electrons. The largest absolute Gasteiger partial charge is 0.240 e. The van der Waals surface area contributed by atoms with Crippen molar-refractivity contribution in [3.63, 3.8) is 0 Å². The molecule has 0 aromatic heterocycles. The minimum atomic E-state index is -4.04. The van der Waals surface area contributed by atoms with Crippen LogP contribution < -0.4 is 0 Å².